The molecule has 42 heavy (non-hydrogen) atoms. The SMILES string of the molecule is CN(C)[C@H](I)COc1cccnc1C1CCN(C(=O)[C@@H](Cc2ccc(Cl)cc2Cl)NC(=O)N2CCCC(C)(O)C2)CC1. The van der Waals surface area contributed by atoms with Crippen LogP contribution in [0.3, 0.4) is 0 Å². The molecule has 230 valence electrons. The summed E-state index contributed by atoms with van der Waals surface area (Å²) in [5.74, 6) is 0.783. The van der Waals surface area contributed by atoms with E-state index < -0.39 is 11.6 Å². The molecule has 2 N–H and O–H groups in total. The largest absolute Gasteiger partial charge is 0.489 e. The first kappa shape index (κ1) is 33.0. The van der Waals surface area contributed by atoms with Crippen LogP contribution >= 0.6 is 45.8 Å². The minimum Gasteiger partial charge on any atom is -0.489 e. The Balaban J connectivity index is 1.45. The molecule has 1 aromatic carbocycles. The number of pyridine rings is 1. The van der Waals surface area contributed by atoms with Crippen molar-refractivity contribution < 1.29 is 19.4 Å². The molecule has 2 aliphatic rings. The van der Waals surface area contributed by atoms with E-state index in [9.17, 15) is 14.7 Å². The second-order valence-electron chi connectivity index (χ2n) is 11.7. The summed E-state index contributed by atoms with van der Waals surface area (Å²) >= 11 is 14.9. The van der Waals surface area contributed by atoms with E-state index in [1.54, 1.807) is 36.2 Å². The van der Waals surface area contributed by atoms with Crippen molar-refractivity contribution >= 4 is 57.7 Å². The van der Waals surface area contributed by atoms with Crippen molar-refractivity contribution in [1.29, 1.82) is 0 Å². The van der Waals surface area contributed by atoms with Gasteiger partial charge in [0.25, 0.3) is 0 Å². The van der Waals surface area contributed by atoms with E-state index >= 15 is 0 Å². The highest BCUT2D eigenvalue weighted by molar-refractivity contribution is 14.1. The van der Waals surface area contributed by atoms with Crippen LogP contribution in [0.4, 0.5) is 4.79 Å². The van der Waals surface area contributed by atoms with Crippen LogP contribution in [-0.2, 0) is 11.2 Å². The molecule has 2 aliphatic heterocycles. The Kier molecular flexibility index (Phi) is 11.6. The number of hydrogen-bond acceptors (Lipinski definition) is 6. The number of likely N-dealkylation sites (tertiary alicyclic amines) is 2. The zero-order valence-corrected chi connectivity index (χ0v) is 28.0. The number of amides is 3. The van der Waals surface area contributed by atoms with Gasteiger partial charge in [-0.1, -0.05) is 51.9 Å². The summed E-state index contributed by atoms with van der Waals surface area (Å²) in [5, 5.41) is 14.4. The number of ether oxygens (including phenoxy) is 1. The highest BCUT2D eigenvalue weighted by atomic mass is 127. The third kappa shape index (κ3) is 8.84. The van der Waals surface area contributed by atoms with Gasteiger partial charge in [0.1, 0.15) is 18.4 Å². The molecule has 2 fully saturated rings. The van der Waals surface area contributed by atoms with Gasteiger partial charge in [0.05, 0.1) is 21.9 Å². The number of nitrogens with one attached hydrogen (secondary N) is 1. The van der Waals surface area contributed by atoms with E-state index in [2.05, 4.69) is 37.8 Å². The average molecular weight is 732 g/mol. The molecule has 0 bridgehead atoms. The molecule has 4 rings (SSSR count). The predicted octanol–water partition coefficient (Wildman–Crippen LogP) is 4.96. The number of piperidine rings is 2. The predicted molar refractivity (Wildman–Crippen MR) is 174 cm³/mol. The van der Waals surface area contributed by atoms with Gasteiger partial charge >= 0.3 is 6.03 Å². The van der Waals surface area contributed by atoms with Gasteiger partial charge in [-0.3, -0.25) is 14.7 Å². The van der Waals surface area contributed by atoms with Crippen molar-refractivity contribution in [3.8, 4) is 5.75 Å². The number of hydrogen-bond donors (Lipinski definition) is 2. The number of halogens is 3. The van der Waals surface area contributed by atoms with Crippen LogP contribution < -0.4 is 10.1 Å². The van der Waals surface area contributed by atoms with E-state index in [4.69, 9.17) is 27.9 Å². The first-order valence-electron chi connectivity index (χ1n) is 14.3. The molecule has 2 aromatic rings. The third-order valence-electron chi connectivity index (χ3n) is 7.93. The van der Waals surface area contributed by atoms with Crippen LogP contribution in [0, 0.1) is 0 Å². The number of nitrogens with zero attached hydrogens (tertiary/aromatic N) is 4. The Morgan fingerprint density at radius 2 is 1.95 bits per heavy atom. The monoisotopic (exact) mass is 731 g/mol. The minimum absolute atomic E-state index is 0.159. The van der Waals surface area contributed by atoms with Crippen molar-refractivity contribution in [3.63, 3.8) is 0 Å². The lowest BCUT2D eigenvalue weighted by Gasteiger charge is -2.38. The third-order valence-corrected chi connectivity index (χ3v) is 9.99. The fourth-order valence-corrected chi connectivity index (χ4v) is 6.14. The number of aromatic nitrogens is 1. The smallest absolute Gasteiger partial charge is 0.318 e. The molecule has 3 heterocycles. The van der Waals surface area contributed by atoms with E-state index in [1.165, 1.54) is 0 Å². The number of urea groups is 1. The van der Waals surface area contributed by atoms with Crippen LogP contribution in [0.25, 0.3) is 0 Å². The van der Waals surface area contributed by atoms with Crippen molar-refractivity contribution in [2.45, 2.75) is 60.6 Å². The lowest BCUT2D eigenvalue weighted by atomic mass is 9.91. The molecule has 0 aliphatic carbocycles. The molecular weight excluding hydrogens is 692 g/mol. The molecule has 9 nitrogen and oxygen atoms in total. The van der Waals surface area contributed by atoms with Crippen molar-refractivity contribution in [2.75, 3.05) is 46.9 Å². The molecular formula is C30H40Cl2IN5O4. The van der Waals surface area contributed by atoms with Gasteiger partial charge in [-0.25, -0.2) is 4.79 Å². The van der Waals surface area contributed by atoms with Crippen LogP contribution in [0.15, 0.2) is 36.5 Å². The van der Waals surface area contributed by atoms with Gasteiger partial charge in [0.2, 0.25) is 5.91 Å². The Bertz CT molecular complexity index is 1240. The Morgan fingerprint density at radius 3 is 2.62 bits per heavy atom. The van der Waals surface area contributed by atoms with Gasteiger partial charge in [-0.15, -0.1) is 0 Å². The molecule has 0 saturated carbocycles. The Hall–Kier alpha value is -1.86. The molecule has 1 aromatic heterocycles. The summed E-state index contributed by atoms with van der Waals surface area (Å²) in [4.78, 5) is 37.3. The number of likely N-dealkylation sites (N-methyl/N-ethyl adjacent to an activating group) is 1. The Labute approximate surface area is 272 Å². The zero-order chi connectivity index (χ0) is 30.4. The standard InChI is InChI=1S/C30H40Cl2IN5O4/c1-30(41)11-5-13-38(19-30)29(40)35-24(16-21-7-8-22(31)17-23(21)32)28(39)37-14-9-20(10-15-37)27-25(6-4-12-34-27)42-18-26(33)36(2)3/h4,6-8,12,17,20,24,26,41H,5,9-11,13-16,18-19H2,1-3H3,(H,35,40)/t24-,26+,30?/m1/s1. The van der Waals surface area contributed by atoms with Crippen molar-refractivity contribution in [3.05, 3.63) is 57.8 Å². The molecule has 0 spiro atoms. The Morgan fingerprint density at radius 1 is 1.21 bits per heavy atom. The van der Waals surface area contributed by atoms with Crippen LogP contribution in [0.5, 0.6) is 5.75 Å². The fraction of sp³-hybridized carbons (Fsp3) is 0.567. The molecule has 2 saturated heterocycles. The molecule has 0 radical (unpaired) electrons. The first-order valence-corrected chi connectivity index (χ1v) is 16.3. The average Bonchev–Trinajstić information content (AvgIpc) is 2.96. The van der Waals surface area contributed by atoms with Gasteiger partial charge in [-0.2, -0.15) is 0 Å². The minimum atomic E-state index is -0.950. The molecule has 12 heteroatoms. The maximum absolute atomic E-state index is 13.9. The zero-order valence-electron chi connectivity index (χ0n) is 24.4. The van der Waals surface area contributed by atoms with Crippen molar-refractivity contribution in [2.24, 2.45) is 0 Å². The number of carbonyl (C=O) groups is 2. The first-order chi connectivity index (χ1) is 19.9. The normalized spacial score (nSPS) is 21.2. The van der Waals surface area contributed by atoms with E-state index in [-0.39, 0.29) is 34.9 Å². The highest BCUT2D eigenvalue weighted by Gasteiger charge is 2.35. The topological polar surface area (TPSA) is 98.2 Å². The van der Waals surface area contributed by atoms with Gasteiger partial charge in [-0.05, 0) is 76.5 Å². The van der Waals surface area contributed by atoms with E-state index in [0.717, 1.165) is 29.8 Å². The maximum atomic E-state index is 13.9. The number of aliphatic hydroxyl groups is 1. The summed E-state index contributed by atoms with van der Waals surface area (Å²) in [7, 11) is 4.04. The maximum Gasteiger partial charge on any atom is 0.318 e. The molecule has 3 amide bonds. The van der Waals surface area contributed by atoms with Gasteiger partial charge < -0.3 is 25.0 Å². The van der Waals surface area contributed by atoms with E-state index in [1.807, 2.05) is 31.1 Å². The number of β-amino-alcohol motifs (C(OH)–C–C–N with tert-alkyl or cyclic N) is 1. The number of alkyl halides is 1. The van der Waals surface area contributed by atoms with Crippen molar-refractivity contribution in [1.82, 2.24) is 25.0 Å². The number of benzene rings is 1. The lowest BCUT2D eigenvalue weighted by molar-refractivity contribution is -0.134. The van der Waals surface area contributed by atoms with Gasteiger partial charge in [0.15, 0.2) is 0 Å². The van der Waals surface area contributed by atoms with Gasteiger partial charge in [0, 0.05) is 48.2 Å². The second kappa shape index (κ2) is 14.7. The molecule has 3 atom stereocenters. The summed E-state index contributed by atoms with van der Waals surface area (Å²) in [6, 6.07) is 7.80. The quantitative estimate of drug-likeness (QED) is 0.215. The summed E-state index contributed by atoms with van der Waals surface area (Å²) in [6.07, 6.45) is 4.81. The highest BCUT2D eigenvalue weighted by Crippen LogP contribution is 2.33. The van der Waals surface area contributed by atoms with E-state index in [0.29, 0.717) is 49.1 Å². The number of carbonyl (C=O) groups excluding carboxylic acids is 2. The fourth-order valence-electron chi connectivity index (χ4n) is 5.47. The molecule has 1 unspecified atom stereocenters. The number of rotatable bonds is 9. The summed E-state index contributed by atoms with van der Waals surface area (Å²) in [6.45, 7) is 4.08. The van der Waals surface area contributed by atoms with Crippen LogP contribution in [-0.4, -0.2) is 99.3 Å². The van der Waals surface area contributed by atoms with Crippen LogP contribution in [0.2, 0.25) is 10.0 Å². The second-order valence-corrected chi connectivity index (χ2v) is 13.9. The summed E-state index contributed by atoms with van der Waals surface area (Å²) in [5.41, 5.74) is 0.693. The van der Waals surface area contributed by atoms with Crippen LogP contribution in [0.1, 0.15) is 49.8 Å². The summed E-state index contributed by atoms with van der Waals surface area (Å²) < 4.78 is 6.37. The lowest BCUT2D eigenvalue weighted by Crippen LogP contribution is -2.57.